The number of nitrogens with one attached hydrogen (secondary N) is 1. The van der Waals surface area contributed by atoms with Gasteiger partial charge in [-0.2, -0.15) is 0 Å². The van der Waals surface area contributed by atoms with E-state index in [1.54, 1.807) is 14.0 Å². The Morgan fingerprint density at radius 3 is 2.21 bits per heavy atom. The molecule has 0 aliphatic rings. The molecule has 0 radical (unpaired) electrons. The number of benzene rings is 2. The topological polar surface area (TPSA) is 56.8 Å². The highest BCUT2D eigenvalue weighted by Gasteiger charge is 2.13. The minimum absolute atomic E-state index is 0.172. The first-order valence-electron chi connectivity index (χ1n) is 7.86. The highest BCUT2D eigenvalue weighted by molar-refractivity contribution is 5.80. The number of amides is 1. The Labute approximate surface area is 142 Å². The molecule has 0 aliphatic heterocycles. The van der Waals surface area contributed by atoms with Crippen LogP contribution in [0.4, 0.5) is 0 Å². The van der Waals surface area contributed by atoms with Crippen LogP contribution in [0.1, 0.15) is 12.5 Å². The standard InChI is InChI=1S/C19H23NO4/c1-14-4-6-18(7-5-14)24-15(2)19(21)20-12-13-23-17-10-8-16(22-3)9-11-17/h4-11,15H,12-13H2,1-3H3,(H,20,21)/t15-/m0/s1. The SMILES string of the molecule is COc1ccc(OCCNC(=O)[C@H](C)Oc2ccc(C)cc2)cc1. The van der Waals surface area contributed by atoms with Crippen LogP contribution in [0.25, 0.3) is 0 Å². The van der Waals surface area contributed by atoms with Gasteiger partial charge in [-0.25, -0.2) is 0 Å². The Bertz CT molecular complexity index is 637. The van der Waals surface area contributed by atoms with Crippen molar-refractivity contribution in [3.63, 3.8) is 0 Å². The van der Waals surface area contributed by atoms with Gasteiger partial charge >= 0.3 is 0 Å². The fourth-order valence-corrected chi connectivity index (χ4v) is 2.03. The first-order chi connectivity index (χ1) is 11.6. The van der Waals surface area contributed by atoms with Crippen LogP contribution in [0.15, 0.2) is 48.5 Å². The van der Waals surface area contributed by atoms with Gasteiger partial charge in [-0.1, -0.05) is 17.7 Å². The van der Waals surface area contributed by atoms with Crippen LogP contribution in [0.3, 0.4) is 0 Å². The number of methoxy groups -OCH3 is 1. The van der Waals surface area contributed by atoms with E-state index in [9.17, 15) is 4.79 Å². The second-order valence-corrected chi connectivity index (χ2v) is 5.39. The monoisotopic (exact) mass is 329 g/mol. The number of carbonyl (C=O) groups excluding carboxylic acids is 1. The minimum Gasteiger partial charge on any atom is -0.497 e. The van der Waals surface area contributed by atoms with Gasteiger partial charge in [0, 0.05) is 0 Å². The van der Waals surface area contributed by atoms with Crippen molar-refractivity contribution in [2.45, 2.75) is 20.0 Å². The summed E-state index contributed by atoms with van der Waals surface area (Å²) < 4.78 is 16.2. The summed E-state index contributed by atoms with van der Waals surface area (Å²) in [6, 6.07) is 14.9. The largest absolute Gasteiger partial charge is 0.497 e. The van der Waals surface area contributed by atoms with Gasteiger partial charge in [-0.15, -0.1) is 0 Å². The molecule has 5 heteroatoms. The summed E-state index contributed by atoms with van der Waals surface area (Å²) in [5.74, 6) is 2.01. The van der Waals surface area contributed by atoms with Crippen molar-refractivity contribution in [2.75, 3.05) is 20.3 Å². The smallest absolute Gasteiger partial charge is 0.260 e. The Kier molecular flexibility index (Phi) is 6.49. The number of aryl methyl sites for hydroxylation is 1. The molecule has 2 rings (SSSR count). The fraction of sp³-hybridized carbons (Fsp3) is 0.316. The van der Waals surface area contributed by atoms with E-state index in [-0.39, 0.29) is 5.91 Å². The Morgan fingerprint density at radius 1 is 1.00 bits per heavy atom. The molecule has 24 heavy (non-hydrogen) atoms. The van der Waals surface area contributed by atoms with E-state index in [1.165, 1.54) is 0 Å². The highest BCUT2D eigenvalue weighted by atomic mass is 16.5. The van der Waals surface area contributed by atoms with Crippen LogP contribution in [0.2, 0.25) is 0 Å². The molecule has 1 amide bonds. The summed E-state index contributed by atoms with van der Waals surface area (Å²) in [6.45, 7) is 4.52. The molecule has 1 N–H and O–H groups in total. The van der Waals surface area contributed by atoms with E-state index in [0.29, 0.717) is 18.9 Å². The summed E-state index contributed by atoms with van der Waals surface area (Å²) in [5.41, 5.74) is 1.15. The molecule has 0 bridgehead atoms. The predicted octanol–water partition coefficient (Wildman–Crippen LogP) is 2.97. The lowest BCUT2D eigenvalue weighted by atomic mass is 10.2. The molecule has 0 heterocycles. The maximum Gasteiger partial charge on any atom is 0.260 e. The van der Waals surface area contributed by atoms with Gasteiger partial charge in [0.2, 0.25) is 0 Å². The second-order valence-electron chi connectivity index (χ2n) is 5.39. The Balaban J connectivity index is 1.69. The average Bonchev–Trinajstić information content (AvgIpc) is 2.61. The summed E-state index contributed by atoms with van der Waals surface area (Å²) in [7, 11) is 1.62. The number of carbonyl (C=O) groups is 1. The molecular weight excluding hydrogens is 306 g/mol. The van der Waals surface area contributed by atoms with Crippen molar-refractivity contribution >= 4 is 5.91 Å². The molecule has 0 saturated carbocycles. The number of ether oxygens (including phenoxy) is 3. The zero-order valence-corrected chi connectivity index (χ0v) is 14.2. The molecule has 2 aromatic carbocycles. The summed E-state index contributed by atoms with van der Waals surface area (Å²) in [4.78, 5) is 12.0. The molecule has 0 saturated heterocycles. The molecule has 5 nitrogen and oxygen atoms in total. The zero-order chi connectivity index (χ0) is 17.4. The van der Waals surface area contributed by atoms with Crippen LogP contribution >= 0.6 is 0 Å². The Morgan fingerprint density at radius 2 is 1.58 bits per heavy atom. The number of rotatable bonds is 8. The molecule has 0 aromatic heterocycles. The number of hydrogen-bond donors (Lipinski definition) is 1. The van der Waals surface area contributed by atoms with Crippen molar-refractivity contribution in [1.82, 2.24) is 5.32 Å². The van der Waals surface area contributed by atoms with E-state index in [1.807, 2.05) is 55.5 Å². The van der Waals surface area contributed by atoms with Crippen molar-refractivity contribution < 1.29 is 19.0 Å². The molecule has 128 valence electrons. The van der Waals surface area contributed by atoms with Gasteiger partial charge in [-0.3, -0.25) is 4.79 Å². The highest BCUT2D eigenvalue weighted by Crippen LogP contribution is 2.16. The van der Waals surface area contributed by atoms with Gasteiger partial charge in [0.15, 0.2) is 6.10 Å². The minimum atomic E-state index is -0.561. The van der Waals surface area contributed by atoms with Gasteiger partial charge in [0.05, 0.1) is 13.7 Å². The van der Waals surface area contributed by atoms with E-state index in [0.717, 1.165) is 17.1 Å². The quantitative estimate of drug-likeness (QED) is 0.757. The normalized spacial score (nSPS) is 11.5. The third-order valence-electron chi connectivity index (χ3n) is 3.43. The molecule has 1 atom stereocenters. The number of hydrogen-bond acceptors (Lipinski definition) is 4. The van der Waals surface area contributed by atoms with E-state index in [4.69, 9.17) is 14.2 Å². The van der Waals surface area contributed by atoms with Crippen LogP contribution in [0.5, 0.6) is 17.2 Å². The third kappa shape index (κ3) is 5.50. The van der Waals surface area contributed by atoms with Crippen molar-refractivity contribution in [3.05, 3.63) is 54.1 Å². The first kappa shape index (κ1) is 17.7. The van der Waals surface area contributed by atoms with E-state index >= 15 is 0 Å². The van der Waals surface area contributed by atoms with Crippen molar-refractivity contribution in [3.8, 4) is 17.2 Å². The molecule has 0 fully saturated rings. The lowest BCUT2D eigenvalue weighted by Gasteiger charge is -2.15. The lowest BCUT2D eigenvalue weighted by molar-refractivity contribution is -0.127. The van der Waals surface area contributed by atoms with Gasteiger partial charge in [-0.05, 0) is 50.2 Å². The maximum atomic E-state index is 12.0. The molecule has 2 aromatic rings. The van der Waals surface area contributed by atoms with Gasteiger partial charge in [0.25, 0.3) is 5.91 Å². The fourth-order valence-electron chi connectivity index (χ4n) is 2.03. The molecular formula is C19H23NO4. The summed E-state index contributed by atoms with van der Waals surface area (Å²) in [5, 5.41) is 2.79. The summed E-state index contributed by atoms with van der Waals surface area (Å²) >= 11 is 0. The molecule has 0 unspecified atom stereocenters. The van der Waals surface area contributed by atoms with Crippen LogP contribution < -0.4 is 19.5 Å². The lowest BCUT2D eigenvalue weighted by Crippen LogP contribution is -2.38. The van der Waals surface area contributed by atoms with Crippen LogP contribution in [0, 0.1) is 6.92 Å². The molecule has 0 aliphatic carbocycles. The van der Waals surface area contributed by atoms with Crippen LogP contribution in [-0.2, 0) is 4.79 Å². The van der Waals surface area contributed by atoms with Gasteiger partial charge in [0.1, 0.15) is 23.9 Å². The zero-order valence-electron chi connectivity index (χ0n) is 14.2. The van der Waals surface area contributed by atoms with Crippen LogP contribution in [-0.4, -0.2) is 32.3 Å². The average molecular weight is 329 g/mol. The van der Waals surface area contributed by atoms with E-state index < -0.39 is 6.10 Å². The third-order valence-corrected chi connectivity index (χ3v) is 3.43. The van der Waals surface area contributed by atoms with Crippen molar-refractivity contribution in [1.29, 1.82) is 0 Å². The second kappa shape index (κ2) is 8.82. The maximum absolute atomic E-state index is 12.0. The first-order valence-corrected chi connectivity index (χ1v) is 7.86. The van der Waals surface area contributed by atoms with E-state index in [2.05, 4.69) is 5.32 Å². The van der Waals surface area contributed by atoms with Gasteiger partial charge < -0.3 is 19.5 Å². The summed E-state index contributed by atoms with van der Waals surface area (Å²) in [6.07, 6.45) is -0.561. The molecule has 0 spiro atoms. The van der Waals surface area contributed by atoms with Crippen molar-refractivity contribution in [2.24, 2.45) is 0 Å². The Hall–Kier alpha value is -2.69. The predicted molar refractivity (Wildman–Crippen MR) is 92.8 cm³/mol.